The van der Waals surface area contributed by atoms with Gasteiger partial charge in [0.25, 0.3) is 11.8 Å². The van der Waals surface area contributed by atoms with Gasteiger partial charge in [-0.3, -0.25) is 9.59 Å². The Morgan fingerprint density at radius 1 is 1.10 bits per heavy atom. The maximum atomic E-state index is 12.5. The van der Waals surface area contributed by atoms with E-state index in [1.54, 1.807) is 54.6 Å². The van der Waals surface area contributed by atoms with Crippen molar-refractivity contribution in [1.82, 2.24) is 10.5 Å². The fourth-order valence-electron chi connectivity index (χ4n) is 2.71. The van der Waals surface area contributed by atoms with E-state index < -0.39 is 0 Å². The predicted octanol–water partition coefficient (Wildman–Crippen LogP) is 4.04. The summed E-state index contributed by atoms with van der Waals surface area (Å²) >= 11 is 0. The highest BCUT2D eigenvalue weighted by molar-refractivity contribution is 6.06. The molecule has 0 spiro atoms. The van der Waals surface area contributed by atoms with Gasteiger partial charge in [0.2, 0.25) is 0 Å². The standard InChI is InChI=1S/C23H25N3O5/c1-4-15(2)24-23(28)20-13-18(31-26-20)14-30-17-11-9-16(10-12-17)25-22(27)19-7-5-6-8-21(19)29-3/h5-13,15H,4,14H2,1-3H3,(H,24,28)(H,25,27). The first-order valence-electron chi connectivity index (χ1n) is 9.93. The van der Waals surface area contributed by atoms with Gasteiger partial charge in [0.15, 0.2) is 11.5 Å². The summed E-state index contributed by atoms with van der Waals surface area (Å²) in [6, 6.07) is 15.5. The van der Waals surface area contributed by atoms with Crippen LogP contribution in [0.25, 0.3) is 0 Å². The number of anilines is 1. The number of rotatable bonds is 9. The number of para-hydroxylation sites is 1. The molecular formula is C23H25N3O5. The van der Waals surface area contributed by atoms with Crippen LogP contribution in [-0.4, -0.2) is 30.1 Å². The van der Waals surface area contributed by atoms with Crippen molar-refractivity contribution in [3.05, 3.63) is 71.6 Å². The molecule has 0 saturated carbocycles. The quantitative estimate of drug-likeness (QED) is 0.538. The topological polar surface area (TPSA) is 103 Å². The molecule has 2 N–H and O–H groups in total. The fourth-order valence-corrected chi connectivity index (χ4v) is 2.71. The maximum absolute atomic E-state index is 12.5. The van der Waals surface area contributed by atoms with E-state index in [0.29, 0.717) is 28.5 Å². The van der Waals surface area contributed by atoms with Crippen molar-refractivity contribution in [3.8, 4) is 11.5 Å². The van der Waals surface area contributed by atoms with Crippen molar-refractivity contribution in [3.63, 3.8) is 0 Å². The first kappa shape index (κ1) is 21.9. The maximum Gasteiger partial charge on any atom is 0.273 e. The highest BCUT2D eigenvalue weighted by atomic mass is 16.5. The number of ether oxygens (including phenoxy) is 2. The molecule has 2 amide bonds. The van der Waals surface area contributed by atoms with Gasteiger partial charge >= 0.3 is 0 Å². The molecule has 0 aliphatic heterocycles. The Balaban J connectivity index is 1.54. The number of benzene rings is 2. The van der Waals surface area contributed by atoms with E-state index in [1.165, 1.54) is 7.11 Å². The summed E-state index contributed by atoms with van der Waals surface area (Å²) in [6.45, 7) is 4.03. The number of hydrogen-bond acceptors (Lipinski definition) is 6. The molecule has 31 heavy (non-hydrogen) atoms. The Labute approximate surface area is 180 Å². The molecule has 0 fully saturated rings. The van der Waals surface area contributed by atoms with Crippen LogP contribution >= 0.6 is 0 Å². The Morgan fingerprint density at radius 2 is 1.84 bits per heavy atom. The molecule has 3 rings (SSSR count). The van der Waals surface area contributed by atoms with E-state index >= 15 is 0 Å². The minimum atomic E-state index is -0.278. The lowest BCUT2D eigenvalue weighted by Gasteiger charge is -2.10. The first-order chi connectivity index (χ1) is 15.0. The van der Waals surface area contributed by atoms with Gasteiger partial charge in [-0.1, -0.05) is 24.2 Å². The van der Waals surface area contributed by atoms with Crippen LogP contribution in [0.1, 0.15) is 46.9 Å². The minimum absolute atomic E-state index is 0.0610. The zero-order valence-electron chi connectivity index (χ0n) is 17.7. The second kappa shape index (κ2) is 10.3. The lowest BCUT2D eigenvalue weighted by atomic mass is 10.2. The van der Waals surface area contributed by atoms with Gasteiger partial charge in [-0.25, -0.2) is 0 Å². The Hall–Kier alpha value is -3.81. The van der Waals surface area contributed by atoms with Gasteiger partial charge in [0, 0.05) is 17.8 Å². The van der Waals surface area contributed by atoms with E-state index in [4.69, 9.17) is 14.0 Å². The molecule has 1 atom stereocenters. The Bertz CT molecular complexity index is 1030. The van der Waals surface area contributed by atoms with Crippen LogP contribution in [0.15, 0.2) is 59.1 Å². The van der Waals surface area contributed by atoms with Gasteiger partial charge < -0.3 is 24.6 Å². The number of carbonyl (C=O) groups excluding carboxylic acids is 2. The zero-order valence-corrected chi connectivity index (χ0v) is 17.7. The second-order valence-corrected chi connectivity index (χ2v) is 6.93. The molecule has 0 aliphatic carbocycles. The van der Waals surface area contributed by atoms with Gasteiger partial charge in [-0.2, -0.15) is 0 Å². The van der Waals surface area contributed by atoms with E-state index in [2.05, 4.69) is 15.8 Å². The lowest BCUT2D eigenvalue weighted by molar-refractivity contribution is 0.0929. The largest absolute Gasteiger partial charge is 0.496 e. The summed E-state index contributed by atoms with van der Waals surface area (Å²) in [5, 5.41) is 9.43. The normalized spacial score (nSPS) is 11.5. The summed E-state index contributed by atoms with van der Waals surface area (Å²) in [6.07, 6.45) is 0.828. The monoisotopic (exact) mass is 423 g/mol. The van der Waals surface area contributed by atoms with Crippen LogP contribution < -0.4 is 20.1 Å². The van der Waals surface area contributed by atoms with Crippen molar-refractivity contribution >= 4 is 17.5 Å². The molecule has 8 nitrogen and oxygen atoms in total. The lowest BCUT2D eigenvalue weighted by Crippen LogP contribution is -2.32. The number of amides is 2. The van der Waals surface area contributed by atoms with Crippen molar-refractivity contribution in [2.75, 3.05) is 12.4 Å². The van der Waals surface area contributed by atoms with Crippen LogP contribution in [0, 0.1) is 0 Å². The van der Waals surface area contributed by atoms with Gasteiger partial charge in [0.05, 0.1) is 12.7 Å². The van der Waals surface area contributed by atoms with Gasteiger partial charge in [-0.05, 0) is 49.7 Å². The fraction of sp³-hybridized carbons (Fsp3) is 0.261. The average molecular weight is 423 g/mol. The molecule has 162 valence electrons. The van der Waals surface area contributed by atoms with Crippen molar-refractivity contribution < 1.29 is 23.6 Å². The number of nitrogens with one attached hydrogen (secondary N) is 2. The SMILES string of the molecule is CCC(C)NC(=O)c1cc(COc2ccc(NC(=O)c3ccccc3OC)cc2)on1. The highest BCUT2D eigenvalue weighted by Crippen LogP contribution is 2.21. The Kier molecular flexibility index (Phi) is 7.26. The van der Waals surface area contributed by atoms with Crippen molar-refractivity contribution in [1.29, 1.82) is 0 Å². The summed E-state index contributed by atoms with van der Waals surface area (Å²) in [4.78, 5) is 24.5. The molecule has 1 heterocycles. The van der Waals surface area contributed by atoms with Crippen LogP contribution in [0.4, 0.5) is 5.69 Å². The zero-order chi connectivity index (χ0) is 22.2. The van der Waals surface area contributed by atoms with Crippen molar-refractivity contribution in [2.45, 2.75) is 32.9 Å². The molecule has 0 bridgehead atoms. The third-order valence-electron chi connectivity index (χ3n) is 4.63. The van der Waals surface area contributed by atoms with E-state index in [9.17, 15) is 9.59 Å². The van der Waals surface area contributed by atoms with Crippen LogP contribution in [0.5, 0.6) is 11.5 Å². The van der Waals surface area contributed by atoms with Crippen molar-refractivity contribution in [2.24, 2.45) is 0 Å². The first-order valence-corrected chi connectivity index (χ1v) is 9.93. The number of hydrogen-bond donors (Lipinski definition) is 2. The van der Waals surface area contributed by atoms with E-state index in [0.717, 1.165) is 6.42 Å². The molecule has 3 aromatic rings. The van der Waals surface area contributed by atoms with Crippen LogP contribution in [0.3, 0.4) is 0 Å². The number of carbonyl (C=O) groups is 2. The summed E-state index contributed by atoms with van der Waals surface area (Å²) in [5.74, 6) is 0.972. The van der Waals surface area contributed by atoms with Gasteiger partial charge in [0.1, 0.15) is 18.1 Å². The molecular weight excluding hydrogens is 398 g/mol. The summed E-state index contributed by atoms with van der Waals surface area (Å²) in [5.41, 5.74) is 1.28. The number of aromatic nitrogens is 1. The smallest absolute Gasteiger partial charge is 0.273 e. The minimum Gasteiger partial charge on any atom is -0.496 e. The molecule has 0 saturated heterocycles. The molecule has 0 aliphatic rings. The van der Waals surface area contributed by atoms with Crippen LogP contribution in [-0.2, 0) is 6.61 Å². The predicted molar refractivity (Wildman–Crippen MR) is 115 cm³/mol. The average Bonchev–Trinajstić information content (AvgIpc) is 3.27. The van der Waals surface area contributed by atoms with Gasteiger partial charge in [-0.15, -0.1) is 0 Å². The number of methoxy groups -OCH3 is 1. The molecule has 2 aromatic carbocycles. The third kappa shape index (κ3) is 5.85. The molecule has 1 unspecified atom stereocenters. The summed E-state index contributed by atoms with van der Waals surface area (Å²) in [7, 11) is 1.52. The number of nitrogens with zero attached hydrogens (tertiary/aromatic N) is 1. The van der Waals surface area contributed by atoms with Crippen LogP contribution in [0.2, 0.25) is 0 Å². The third-order valence-corrected chi connectivity index (χ3v) is 4.63. The second-order valence-electron chi connectivity index (χ2n) is 6.93. The summed E-state index contributed by atoms with van der Waals surface area (Å²) < 4.78 is 16.1. The molecule has 8 heteroatoms. The van der Waals surface area contributed by atoms with E-state index in [-0.39, 0.29) is 30.2 Å². The highest BCUT2D eigenvalue weighted by Gasteiger charge is 2.15. The molecule has 0 radical (unpaired) electrons. The van der Waals surface area contributed by atoms with E-state index in [1.807, 2.05) is 13.8 Å². The molecule has 1 aromatic heterocycles. The Morgan fingerprint density at radius 3 is 2.55 bits per heavy atom.